The molecule has 1 heterocycles. The van der Waals surface area contributed by atoms with Crippen molar-refractivity contribution >= 4 is 5.97 Å². The van der Waals surface area contributed by atoms with E-state index in [1.54, 1.807) is 0 Å². The molecule has 1 aromatic rings. The number of nitrogens with zero attached hydrogens (tertiary/aromatic N) is 1. The van der Waals surface area contributed by atoms with E-state index in [0.29, 0.717) is 12.5 Å². The van der Waals surface area contributed by atoms with Gasteiger partial charge in [-0.05, 0) is 44.7 Å². The van der Waals surface area contributed by atoms with Crippen LogP contribution in [0.5, 0.6) is 0 Å². The molecule has 1 unspecified atom stereocenters. The zero-order valence-electron chi connectivity index (χ0n) is 12.7. The Morgan fingerprint density at radius 2 is 2.10 bits per heavy atom. The van der Waals surface area contributed by atoms with Gasteiger partial charge in [0.25, 0.3) is 0 Å². The molecule has 20 heavy (non-hydrogen) atoms. The largest absolute Gasteiger partial charge is 0.465 e. The molecule has 0 bridgehead atoms. The first-order chi connectivity index (χ1) is 9.63. The zero-order valence-corrected chi connectivity index (χ0v) is 12.7. The molecule has 1 aromatic carbocycles. The molecular formula is C17H25NO2. The van der Waals surface area contributed by atoms with Crippen molar-refractivity contribution in [1.82, 2.24) is 4.90 Å². The Morgan fingerprint density at radius 3 is 2.75 bits per heavy atom. The third kappa shape index (κ3) is 3.40. The number of carbonyl (C=O) groups is 1. The highest BCUT2D eigenvalue weighted by atomic mass is 16.5. The van der Waals surface area contributed by atoms with Crippen molar-refractivity contribution in [3.05, 3.63) is 35.9 Å². The van der Waals surface area contributed by atoms with Crippen LogP contribution in [0.2, 0.25) is 0 Å². The van der Waals surface area contributed by atoms with Crippen molar-refractivity contribution in [3.63, 3.8) is 0 Å². The fourth-order valence-corrected chi connectivity index (χ4v) is 3.02. The highest BCUT2D eigenvalue weighted by Crippen LogP contribution is 2.31. The number of hydrogen-bond acceptors (Lipinski definition) is 3. The van der Waals surface area contributed by atoms with Crippen molar-refractivity contribution in [2.24, 2.45) is 5.92 Å². The average Bonchev–Trinajstić information content (AvgIpc) is 2.47. The van der Waals surface area contributed by atoms with Gasteiger partial charge in [0.05, 0.1) is 6.61 Å². The van der Waals surface area contributed by atoms with E-state index in [9.17, 15) is 4.79 Å². The molecule has 3 heteroatoms. The SMILES string of the molecule is CCOC(=O)[C@@H]1CC(C)CCN1[C@H](C)c1ccccc1. The van der Waals surface area contributed by atoms with E-state index in [2.05, 4.69) is 43.0 Å². The molecule has 110 valence electrons. The van der Waals surface area contributed by atoms with Gasteiger partial charge in [0.15, 0.2) is 0 Å². The Balaban J connectivity index is 2.16. The van der Waals surface area contributed by atoms with Crippen LogP contribution in [0, 0.1) is 5.92 Å². The molecule has 1 fully saturated rings. The van der Waals surface area contributed by atoms with Crippen molar-refractivity contribution in [2.45, 2.75) is 45.7 Å². The van der Waals surface area contributed by atoms with Crippen LogP contribution in [0.4, 0.5) is 0 Å². The van der Waals surface area contributed by atoms with Gasteiger partial charge in [-0.3, -0.25) is 9.69 Å². The predicted octanol–water partition coefficient (Wildman–Crippen LogP) is 3.41. The normalized spacial score (nSPS) is 25.1. The van der Waals surface area contributed by atoms with Crippen molar-refractivity contribution < 1.29 is 9.53 Å². The highest BCUT2D eigenvalue weighted by Gasteiger charge is 2.35. The topological polar surface area (TPSA) is 29.5 Å². The van der Waals surface area contributed by atoms with Crippen LogP contribution in [0.25, 0.3) is 0 Å². The van der Waals surface area contributed by atoms with Crippen molar-refractivity contribution in [3.8, 4) is 0 Å². The maximum absolute atomic E-state index is 12.2. The van der Waals surface area contributed by atoms with Gasteiger partial charge in [-0.1, -0.05) is 37.3 Å². The summed E-state index contributed by atoms with van der Waals surface area (Å²) in [7, 11) is 0. The number of carbonyl (C=O) groups excluding carboxylic acids is 1. The van der Waals surface area contributed by atoms with Gasteiger partial charge >= 0.3 is 5.97 Å². The number of benzene rings is 1. The summed E-state index contributed by atoms with van der Waals surface area (Å²) in [6, 6.07) is 10.5. The second-order valence-corrected chi connectivity index (χ2v) is 5.72. The first-order valence-corrected chi connectivity index (χ1v) is 7.60. The fourth-order valence-electron chi connectivity index (χ4n) is 3.02. The smallest absolute Gasteiger partial charge is 0.323 e. The number of likely N-dealkylation sites (tertiary alicyclic amines) is 1. The van der Waals surface area contributed by atoms with Gasteiger partial charge in [0, 0.05) is 6.04 Å². The Labute approximate surface area is 121 Å². The van der Waals surface area contributed by atoms with E-state index in [1.165, 1.54) is 5.56 Å². The summed E-state index contributed by atoms with van der Waals surface area (Å²) in [6.45, 7) is 7.68. The lowest BCUT2D eigenvalue weighted by molar-refractivity contribution is -0.153. The molecule has 3 atom stereocenters. The number of esters is 1. The van der Waals surface area contributed by atoms with Crippen molar-refractivity contribution in [2.75, 3.05) is 13.2 Å². The standard InChI is InChI=1S/C17H25NO2/c1-4-20-17(19)16-12-13(2)10-11-18(16)14(3)15-8-6-5-7-9-15/h5-9,13-14,16H,4,10-12H2,1-3H3/t13?,14-,16+/m1/s1. The van der Waals surface area contributed by atoms with Crippen LogP contribution in [-0.4, -0.2) is 30.1 Å². The lowest BCUT2D eigenvalue weighted by Crippen LogP contribution is -2.48. The fraction of sp³-hybridized carbons (Fsp3) is 0.588. The van der Waals surface area contributed by atoms with Gasteiger partial charge in [-0.25, -0.2) is 0 Å². The summed E-state index contributed by atoms with van der Waals surface area (Å²) >= 11 is 0. The molecule has 0 amide bonds. The molecule has 0 radical (unpaired) electrons. The first-order valence-electron chi connectivity index (χ1n) is 7.60. The highest BCUT2D eigenvalue weighted by molar-refractivity contribution is 5.76. The summed E-state index contributed by atoms with van der Waals surface area (Å²) < 4.78 is 5.27. The molecular weight excluding hydrogens is 250 g/mol. The molecule has 2 rings (SSSR count). The molecule has 3 nitrogen and oxygen atoms in total. The molecule has 0 spiro atoms. The second kappa shape index (κ2) is 6.89. The van der Waals surface area contributed by atoms with Gasteiger partial charge in [-0.2, -0.15) is 0 Å². The number of rotatable bonds is 4. The van der Waals surface area contributed by atoms with Crippen LogP contribution in [0.15, 0.2) is 30.3 Å². The average molecular weight is 275 g/mol. The molecule has 0 saturated carbocycles. The zero-order chi connectivity index (χ0) is 14.5. The summed E-state index contributed by atoms with van der Waals surface area (Å²) in [5.41, 5.74) is 1.26. The van der Waals surface area contributed by atoms with E-state index in [1.807, 2.05) is 13.0 Å². The van der Waals surface area contributed by atoms with Gasteiger partial charge < -0.3 is 4.74 Å². The van der Waals surface area contributed by atoms with Crippen molar-refractivity contribution in [1.29, 1.82) is 0 Å². The van der Waals surface area contributed by atoms with Gasteiger partial charge in [0.1, 0.15) is 6.04 Å². The molecule has 0 N–H and O–H groups in total. The Bertz CT molecular complexity index is 432. The summed E-state index contributed by atoms with van der Waals surface area (Å²) in [6.07, 6.45) is 2.04. The molecule has 1 saturated heterocycles. The van der Waals surface area contributed by atoms with Crippen LogP contribution < -0.4 is 0 Å². The Morgan fingerprint density at radius 1 is 1.40 bits per heavy atom. The van der Waals surface area contributed by atoms with E-state index in [4.69, 9.17) is 4.74 Å². The third-order valence-corrected chi connectivity index (χ3v) is 4.24. The maximum Gasteiger partial charge on any atom is 0.323 e. The van der Waals surface area contributed by atoms with Crippen LogP contribution >= 0.6 is 0 Å². The van der Waals surface area contributed by atoms with Crippen LogP contribution in [0.3, 0.4) is 0 Å². The summed E-state index contributed by atoms with van der Waals surface area (Å²) in [5.74, 6) is 0.519. The number of hydrogen-bond donors (Lipinski definition) is 0. The predicted molar refractivity (Wildman–Crippen MR) is 80.4 cm³/mol. The third-order valence-electron chi connectivity index (χ3n) is 4.24. The maximum atomic E-state index is 12.2. The van der Waals surface area contributed by atoms with E-state index >= 15 is 0 Å². The molecule has 1 aliphatic heterocycles. The molecule has 1 aliphatic rings. The minimum atomic E-state index is -0.103. The minimum Gasteiger partial charge on any atom is -0.465 e. The van der Waals surface area contributed by atoms with Crippen LogP contribution in [-0.2, 0) is 9.53 Å². The lowest BCUT2D eigenvalue weighted by atomic mass is 9.90. The molecule has 0 aromatic heterocycles. The van der Waals surface area contributed by atoms with E-state index in [-0.39, 0.29) is 18.1 Å². The lowest BCUT2D eigenvalue weighted by Gasteiger charge is -2.40. The quantitative estimate of drug-likeness (QED) is 0.789. The monoisotopic (exact) mass is 275 g/mol. The first kappa shape index (κ1) is 15.0. The number of ether oxygens (including phenoxy) is 1. The van der Waals surface area contributed by atoms with Crippen LogP contribution in [0.1, 0.15) is 45.2 Å². The molecule has 0 aliphatic carbocycles. The Hall–Kier alpha value is -1.35. The Kier molecular flexibility index (Phi) is 5.18. The number of piperidine rings is 1. The minimum absolute atomic E-state index is 0.0677. The van der Waals surface area contributed by atoms with E-state index in [0.717, 1.165) is 19.4 Å². The summed E-state index contributed by atoms with van der Waals surface area (Å²) in [4.78, 5) is 14.5. The van der Waals surface area contributed by atoms with E-state index < -0.39 is 0 Å². The van der Waals surface area contributed by atoms with Gasteiger partial charge in [-0.15, -0.1) is 0 Å². The van der Waals surface area contributed by atoms with Gasteiger partial charge in [0.2, 0.25) is 0 Å². The second-order valence-electron chi connectivity index (χ2n) is 5.72. The summed E-state index contributed by atoms with van der Waals surface area (Å²) in [5, 5.41) is 0.